The van der Waals surface area contributed by atoms with E-state index in [4.69, 9.17) is 0 Å². The molecular weight excluding hydrogens is 385 g/mol. The van der Waals surface area contributed by atoms with Crippen LogP contribution in [0.15, 0.2) is 42.5 Å². The Balaban J connectivity index is 1.42. The van der Waals surface area contributed by atoms with E-state index in [9.17, 15) is 19.1 Å². The summed E-state index contributed by atoms with van der Waals surface area (Å²) in [5, 5.41) is 12.1. The Hall–Kier alpha value is -2.77. The lowest BCUT2D eigenvalue weighted by molar-refractivity contribution is -0.133. The normalized spacial score (nSPS) is 18.5. The lowest BCUT2D eigenvalue weighted by Gasteiger charge is -2.36. The van der Waals surface area contributed by atoms with Crippen LogP contribution in [-0.4, -0.2) is 48.0 Å². The van der Waals surface area contributed by atoms with E-state index in [-0.39, 0.29) is 43.0 Å². The standard InChI is InChI=1S/C23H26FN3O3/c24-19-3-5-20(6-4-19)27-9-7-26(8-10-27)14-16-1-2-17(15-28)21(11-16)18-12-22(29)25-23(30)13-18/h1-6,11,18,28H,7-10,12-15H2,(H,25,29,30). The molecule has 2 amide bonds. The van der Waals surface area contributed by atoms with Crippen molar-refractivity contribution in [3.05, 3.63) is 65.0 Å². The predicted molar refractivity (Wildman–Crippen MR) is 111 cm³/mol. The van der Waals surface area contributed by atoms with Crippen LogP contribution in [0.3, 0.4) is 0 Å². The zero-order chi connectivity index (χ0) is 21.1. The number of hydrogen-bond donors (Lipinski definition) is 2. The van der Waals surface area contributed by atoms with E-state index in [1.54, 1.807) is 0 Å². The van der Waals surface area contributed by atoms with Crippen LogP contribution in [0.4, 0.5) is 10.1 Å². The predicted octanol–water partition coefficient (Wildman–Crippen LogP) is 2.16. The number of piperidine rings is 1. The van der Waals surface area contributed by atoms with Gasteiger partial charge >= 0.3 is 0 Å². The fraction of sp³-hybridized carbons (Fsp3) is 0.391. The smallest absolute Gasteiger partial charge is 0.227 e. The number of rotatable bonds is 5. The van der Waals surface area contributed by atoms with Crippen LogP contribution >= 0.6 is 0 Å². The van der Waals surface area contributed by atoms with E-state index in [1.807, 2.05) is 30.3 Å². The maximum absolute atomic E-state index is 13.1. The molecule has 4 rings (SSSR count). The largest absolute Gasteiger partial charge is 0.392 e. The van der Waals surface area contributed by atoms with Crippen molar-refractivity contribution in [1.29, 1.82) is 0 Å². The van der Waals surface area contributed by atoms with E-state index < -0.39 is 0 Å². The highest BCUT2D eigenvalue weighted by Crippen LogP contribution is 2.30. The number of aliphatic hydroxyl groups is 1. The quantitative estimate of drug-likeness (QED) is 0.738. The van der Waals surface area contributed by atoms with Gasteiger partial charge in [0.2, 0.25) is 11.8 Å². The number of anilines is 1. The summed E-state index contributed by atoms with van der Waals surface area (Å²) in [5.74, 6) is -0.940. The summed E-state index contributed by atoms with van der Waals surface area (Å²) in [6.07, 6.45) is 0.525. The number of imide groups is 1. The summed E-state index contributed by atoms with van der Waals surface area (Å²) >= 11 is 0. The zero-order valence-electron chi connectivity index (χ0n) is 16.8. The zero-order valence-corrected chi connectivity index (χ0v) is 16.8. The maximum Gasteiger partial charge on any atom is 0.227 e. The number of carbonyl (C=O) groups is 2. The van der Waals surface area contributed by atoms with E-state index in [2.05, 4.69) is 15.1 Å². The van der Waals surface area contributed by atoms with Crippen LogP contribution in [0.1, 0.15) is 35.4 Å². The summed E-state index contributed by atoms with van der Waals surface area (Å²) in [6.45, 7) is 4.16. The highest BCUT2D eigenvalue weighted by Gasteiger charge is 2.28. The molecule has 0 spiro atoms. The minimum absolute atomic E-state index is 0.113. The van der Waals surface area contributed by atoms with Gasteiger partial charge < -0.3 is 10.0 Å². The number of amides is 2. The Morgan fingerprint density at radius 1 is 0.967 bits per heavy atom. The van der Waals surface area contributed by atoms with E-state index >= 15 is 0 Å². The molecule has 2 aliphatic heterocycles. The molecule has 2 N–H and O–H groups in total. The Morgan fingerprint density at radius 3 is 2.27 bits per heavy atom. The molecule has 0 atom stereocenters. The first-order valence-electron chi connectivity index (χ1n) is 10.3. The Labute approximate surface area is 175 Å². The lowest BCUT2D eigenvalue weighted by atomic mass is 9.85. The number of nitrogens with one attached hydrogen (secondary N) is 1. The topological polar surface area (TPSA) is 72.9 Å². The first-order chi connectivity index (χ1) is 14.5. The number of benzene rings is 2. The highest BCUT2D eigenvalue weighted by atomic mass is 19.1. The molecule has 2 saturated heterocycles. The molecule has 30 heavy (non-hydrogen) atoms. The molecule has 2 aliphatic rings. The molecule has 0 radical (unpaired) electrons. The van der Waals surface area contributed by atoms with Crippen molar-refractivity contribution in [2.24, 2.45) is 0 Å². The lowest BCUT2D eigenvalue weighted by Crippen LogP contribution is -2.46. The second kappa shape index (κ2) is 8.93. The third kappa shape index (κ3) is 4.68. The number of hydrogen-bond acceptors (Lipinski definition) is 5. The number of nitrogens with zero attached hydrogens (tertiary/aromatic N) is 2. The van der Waals surface area contributed by atoms with Gasteiger partial charge in [-0.1, -0.05) is 18.2 Å². The van der Waals surface area contributed by atoms with Crippen molar-refractivity contribution in [1.82, 2.24) is 10.2 Å². The van der Waals surface area contributed by atoms with Gasteiger partial charge in [-0.2, -0.15) is 0 Å². The average Bonchev–Trinajstić information content (AvgIpc) is 2.74. The third-order valence-corrected chi connectivity index (χ3v) is 5.93. The van der Waals surface area contributed by atoms with Gasteiger partial charge in [-0.3, -0.25) is 19.8 Å². The summed E-state index contributed by atoms with van der Waals surface area (Å²) < 4.78 is 13.1. The van der Waals surface area contributed by atoms with Crippen LogP contribution in [0.2, 0.25) is 0 Å². The highest BCUT2D eigenvalue weighted by molar-refractivity contribution is 5.98. The van der Waals surface area contributed by atoms with E-state index in [1.165, 1.54) is 12.1 Å². The number of halogens is 1. The molecule has 0 saturated carbocycles. The molecule has 2 aromatic rings. The first kappa shape index (κ1) is 20.5. The molecule has 6 nitrogen and oxygen atoms in total. The van der Waals surface area contributed by atoms with Crippen LogP contribution in [-0.2, 0) is 22.7 Å². The number of carbonyl (C=O) groups excluding carboxylic acids is 2. The molecular formula is C23H26FN3O3. The summed E-state index contributed by atoms with van der Waals surface area (Å²) in [6, 6.07) is 12.5. The second-order valence-corrected chi connectivity index (χ2v) is 8.01. The average molecular weight is 411 g/mol. The Bertz CT molecular complexity index is 908. The Kier molecular flexibility index (Phi) is 6.11. The molecule has 2 heterocycles. The van der Waals surface area contributed by atoms with Crippen molar-refractivity contribution in [2.75, 3.05) is 31.1 Å². The van der Waals surface area contributed by atoms with Gasteiger partial charge in [0, 0.05) is 57.2 Å². The van der Waals surface area contributed by atoms with Crippen LogP contribution < -0.4 is 10.2 Å². The van der Waals surface area contributed by atoms with Crippen molar-refractivity contribution in [3.63, 3.8) is 0 Å². The molecule has 0 aromatic heterocycles. The Morgan fingerprint density at radius 2 is 1.63 bits per heavy atom. The van der Waals surface area contributed by atoms with Crippen molar-refractivity contribution in [2.45, 2.75) is 31.9 Å². The fourth-order valence-electron chi connectivity index (χ4n) is 4.34. The molecule has 0 bridgehead atoms. The molecule has 7 heteroatoms. The van der Waals surface area contributed by atoms with Gasteiger partial charge in [0.25, 0.3) is 0 Å². The van der Waals surface area contributed by atoms with Crippen molar-refractivity contribution in [3.8, 4) is 0 Å². The minimum Gasteiger partial charge on any atom is -0.392 e. The number of aliphatic hydroxyl groups excluding tert-OH is 1. The first-order valence-corrected chi connectivity index (χ1v) is 10.3. The van der Waals surface area contributed by atoms with E-state index in [0.717, 1.165) is 55.1 Å². The molecule has 2 fully saturated rings. The molecule has 0 aliphatic carbocycles. The summed E-state index contributed by atoms with van der Waals surface area (Å²) in [4.78, 5) is 28.2. The molecule has 0 unspecified atom stereocenters. The van der Waals surface area contributed by atoms with Gasteiger partial charge in [0.1, 0.15) is 5.82 Å². The minimum atomic E-state index is -0.262. The monoisotopic (exact) mass is 411 g/mol. The van der Waals surface area contributed by atoms with Crippen LogP contribution in [0, 0.1) is 5.82 Å². The molecule has 2 aromatic carbocycles. The van der Waals surface area contributed by atoms with Crippen molar-refractivity contribution >= 4 is 17.5 Å². The van der Waals surface area contributed by atoms with E-state index in [0.29, 0.717) is 0 Å². The van der Waals surface area contributed by atoms with Gasteiger partial charge in [-0.15, -0.1) is 0 Å². The third-order valence-electron chi connectivity index (χ3n) is 5.93. The van der Waals surface area contributed by atoms with Gasteiger partial charge in [-0.25, -0.2) is 4.39 Å². The number of piperazine rings is 1. The maximum atomic E-state index is 13.1. The van der Waals surface area contributed by atoms with Crippen LogP contribution in [0.25, 0.3) is 0 Å². The fourth-order valence-corrected chi connectivity index (χ4v) is 4.34. The second-order valence-electron chi connectivity index (χ2n) is 8.01. The molecule has 158 valence electrons. The summed E-state index contributed by atoms with van der Waals surface area (Å²) in [7, 11) is 0. The van der Waals surface area contributed by atoms with Gasteiger partial charge in [0.05, 0.1) is 6.61 Å². The van der Waals surface area contributed by atoms with Gasteiger partial charge in [-0.05, 0) is 41.0 Å². The SMILES string of the molecule is O=C1CC(c2cc(CN3CCN(c4ccc(F)cc4)CC3)ccc2CO)CC(=O)N1. The summed E-state index contributed by atoms with van der Waals surface area (Å²) in [5.41, 5.74) is 3.80. The van der Waals surface area contributed by atoms with Crippen molar-refractivity contribution < 1.29 is 19.1 Å². The van der Waals surface area contributed by atoms with Crippen LogP contribution in [0.5, 0.6) is 0 Å². The van der Waals surface area contributed by atoms with Gasteiger partial charge in [0.15, 0.2) is 0 Å².